The van der Waals surface area contributed by atoms with Crippen LogP contribution in [0.25, 0.3) is 0 Å². The summed E-state index contributed by atoms with van der Waals surface area (Å²) in [6.45, 7) is 10.7. The van der Waals surface area contributed by atoms with Gasteiger partial charge in [0.25, 0.3) is 5.91 Å². The number of primary amides is 1. The largest absolute Gasteiger partial charge is 0.364 e. The highest BCUT2D eigenvalue weighted by molar-refractivity contribution is 5.94. The number of hydrogen-bond donors (Lipinski definition) is 2. The van der Waals surface area contributed by atoms with Gasteiger partial charge in [0.1, 0.15) is 11.2 Å². The maximum atomic E-state index is 13.3. The van der Waals surface area contributed by atoms with Crippen molar-refractivity contribution in [1.29, 1.82) is 5.26 Å². The molecule has 2 rings (SSSR count). The number of rotatable bonds is 7. The molecular weight excluding hydrogens is 368 g/mol. The van der Waals surface area contributed by atoms with E-state index in [9.17, 15) is 14.9 Å². The molecule has 0 aliphatic carbocycles. The average Bonchev–Trinajstić information content (AvgIpc) is 2.67. The van der Waals surface area contributed by atoms with Crippen molar-refractivity contribution < 1.29 is 9.59 Å². The lowest BCUT2D eigenvalue weighted by Gasteiger charge is -2.38. The van der Waals surface area contributed by atoms with E-state index in [1.807, 2.05) is 20.8 Å². The number of piperidine rings is 1. The van der Waals surface area contributed by atoms with E-state index in [1.165, 1.54) is 12.4 Å². The maximum Gasteiger partial charge on any atom is 0.269 e. The summed E-state index contributed by atoms with van der Waals surface area (Å²) in [5.41, 5.74) is 4.61. The van der Waals surface area contributed by atoms with Crippen molar-refractivity contribution in [3.8, 4) is 6.07 Å². The number of carbonyl (C=O) groups excluding carboxylic acids is 2. The van der Waals surface area contributed by atoms with Gasteiger partial charge in [-0.15, -0.1) is 0 Å². The molecule has 1 aromatic heterocycles. The van der Waals surface area contributed by atoms with Crippen molar-refractivity contribution in [2.75, 3.05) is 19.6 Å². The predicted octanol–water partition coefficient (Wildman–Crippen LogP) is 1.98. The third-order valence-electron chi connectivity index (χ3n) is 5.25. The molecule has 0 saturated carbocycles. The van der Waals surface area contributed by atoms with Gasteiger partial charge >= 0.3 is 0 Å². The Morgan fingerprint density at radius 2 is 1.93 bits per heavy atom. The number of nitrogens with zero attached hydrogens (tertiary/aromatic N) is 4. The number of nitrogens with one attached hydrogen (secondary N) is 1. The molecule has 1 aromatic rings. The van der Waals surface area contributed by atoms with Crippen molar-refractivity contribution in [3.05, 3.63) is 23.8 Å². The summed E-state index contributed by atoms with van der Waals surface area (Å²) in [5, 5.41) is 12.8. The molecule has 2 amide bonds. The normalized spacial score (nSPS) is 17.9. The minimum absolute atomic E-state index is 0.000623. The first-order valence-electron chi connectivity index (χ1n) is 10.2. The Bertz CT molecular complexity index is 772. The molecule has 0 spiro atoms. The van der Waals surface area contributed by atoms with Gasteiger partial charge in [0.15, 0.2) is 0 Å². The Balaban J connectivity index is 2.29. The number of hydrogen-bond acceptors (Lipinski definition) is 6. The molecule has 1 unspecified atom stereocenters. The molecule has 158 valence electrons. The fraction of sp³-hybridized carbons (Fsp3) is 0.667. The lowest BCUT2D eigenvalue weighted by Crippen LogP contribution is -2.55. The van der Waals surface area contributed by atoms with Crippen LogP contribution in [0.3, 0.4) is 0 Å². The van der Waals surface area contributed by atoms with E-state index in [0.717, 1.165) is 26.1 Å². The fourth-order valence-electron chi connectivity index (χ4n) is 3.78. The molecule has 1 atom stereocenters. The van der Waals surface area contributed by atoms with Gasteiger partial charge in [0, 0.05) is 25.5 Å². The third-order valence-corrected chi connectivity index (χ3v) is 5.25. The highest BCUT2D eigenvalue weighted by Gasteiger charge is 2.39. The predicted molar refractivity (Wildman–Crippen MR) is 110 cm³/mol. The van der Waals surface area contributed by atoms with Crippen molar-refractivity contribution in [2.45, 2.75) is 64.8 Å². The van der Waals surface area contributed by atoms with Gasteiger partial charge < -0.3 is 16.0 Å². The summed E-state index contributed by atoms with van der Waals surface area (Å²) in [5.74, 6) is -1.75. The smallest absolute Gasteiger partial charge is 0.269 e. The van der Waals surface area contributed by atoms with Crippen LogP contribution in [0.2, 0.25) is 0 Å². The van der Waals surface area contributed by atoms with Crippen LogP contribution in [0.4, 0.5) is 0 Å². The second-order valence-corrected chi connectivity index (χ2v) is 9.00. The molecule has 0 radical (unpaired) electrons. The Labute approximate surface area is 172 Å². The number of likely N-dealkylation sites (tertiary alicyclic amines) is 1. The van der Waals surface area contributed by atoms with E-state index >= 15 is 0 Å². The van der Waals surface area contributed by atoms with Crippen molar-refractivity contribution in [2.24, 2.45) is 11.1 Å². The summed E-state index contributed by atoms with van der Waals surface area (Å²) in [6.07, 6.45) is 5.48. The topological polar surface area (TPSA) is 125 Å². The lowest BCUT2D eigenvalue weighted by atomic mass is 9.81. The zero-order valence-corrected chi connectivity index (χ0v) is 17.9. The molecule has 3 N–H and O–H groups in total. The molecule has 1 fully saturated rings. The second-order valence-electron chi connectivity index (χ2n) is 9.00. The van der Waals surface area contributed by atoms with Crippen molar-refractivity contribution >= 4 is 11.8 Å². The van der Waals surface area contributed by atoms with Gasteiger partial charge in [-0.1, -0.05) is 27.7 Å². The zero-order valence-electron chi connectivity index (χ0n) is 17.9. The van der Waals surface area contributed by atoms with Crippen LogP contribution in [0.5, 0.6) is 0 Å². The first kappa shape index (κ1) is 22.8. The monoisotopic (exact) mass is 400 g/mol. The molecule has 2 heterocycles. The summed E-state index contributed by atoms with van der Waals surface area (Å²) in [7, 11) is 0. The van der Waals surface area contributed by atoms with Crippen molar-refractivity contribution in [3.63, 3.8) is 0 Å². The third kappa shape index (κ3) is 5.97. The second kappa shape index (κ2) is 9.31. The Hall–Kier alpha value is -2.53. The minimum atomic E-state index is -0.910. The number of aromatic nitrogens is 2. The van der Waals surface area contributed by atoms with Crippen LogP contribution in [0, 0.1) is 16.7 Å². The van der Waals surface area contributed by atoms with E-state index < -0.39 is 17.4 Å². The molecule has 8 heteroatoms. The van der Waals surface area contributed by atoms with Crippen LogP contribution in [-0.2, 0) is 4.79 Å². The first-order chi connectivity index (χ1) is 13.6. The minimum Gasteiger partial charge on any atom is -0.364 e. The summed E-state index contributed by atoms with van der Waals surface area (Å²) in [6, 6.07) is 2.33. The van der Waals surface area contributed by atoms with Crippen LogP contribution < -0.4 is 11.1 Å². The summed E-state index contributed by atoms with van der Waals surface area (Å²) in [4.78, 5) is 35.8. The zero-order chi connectivity index (χ0) is 21.7. The fourth-order valence-corrected chi connectivity index (χ4v) is 3.78. The van der Waals surface area contributed by atoms with Gasteiger partial charge in [0.05, 0.1) is 17.7 Å². The van der Waals surface area contributed by atoms with E-state index in [0.29, 0.717) is 19.3 Å². The molecule has 1 aliphatic rings. The number of carbonyl (C=O) groups is 2. The standard InChI is InChI=1S/C21H32N6O2/c1-5-10-27-11-6-21(14-22,7-12-27)26-19(29)15(13-20(2,3)4)16-17(18(23)28)25-9-8-24-16/h8-9,15H,5-7,10-13H2,1-4H3,(H2,23,28)(H,26,29). The highest BCUT2D eigenvalue weighted by atomic mass is 16.2. The van der Waals surface area contributed by atoms with Crippen LogP contribution in [0.15, 0.2) is 12.4 Å². The highest BCUT2D eigenvalue weighted by Crippen LogP contribution is 2.33. The lowest BCUT2D eigenvalue weighted by molar-refractivity contribution is -0.125. The van der Waals surface area contributed by atoms with Crippen LogP contribution >= 0.6 is 0 Å². The average molecular weight is 401 g/mol. The van der Waals surface area contributed by atoms with Crippen molar-refractivity contribution in [1.82, 2.24) is 20.2 Å². The maximum absolute atomic E-state index is 13.3. The van der Waals surface area contributed by atoms with Gasteiger partial charge in [0.2, 0.25) is 5.91 Å². The Kier molecular flexibility index (Phi) is 7.31. The van der Waals surface area contributed by atoms with Crippen LogP contribution in [0.1, 0.15) is 75.5 Å². The van der Waals surface area contributed by atoms with E-state index in [-0.39, 0.29) is 22.7 Å². The van der Waals surface area contributed by atoms with E-state index in [2.05, 4.69) is 33.2 Å². The molecule has 1 aliphatic heterocycles. The quantitative estimate of drug-likeness (QED) is 0.721. The van der Waals surface area contributed by atoms with Gasteiger partial charge in [-0.25, -0.2) is 4.98 Å². The summed E-state index contributed by atoms with van der Waals surface area (Å²) >= 11 is 0. The molecule has 1 saturated heterocycles. The number of nitrogens with two attached hydrogens (primary N) is 1. The van der Waals surface area contributed by atoms with E-state index in [4.69, 9.17) is 5.73 Å². The first-order valence-corrected chi connectivity index (χ1v) is 10.2. The van der Waals surface area contributed by atoms with Crippen LogP contribution in [-0.4, -0.2) is 51.9 Å². The molecule has 0 bridgehead atoms. The summed E-state index contributed by atoms with van der Waals surface area (Å²) < 4.78 is 0. The number of nitriles is 1. The molecule has 8 nitrogen and oxygen atoms in total. The molecular formula is C21H32N6O2. The SMILES string of the molecule is CCCN1CCC(C#N)(NC(=O)C(CC(C)(C)C)c2nccnc2C(N)=O)CC1. The van der Waals surface area contributed by atoms with Gasteiger partial charge in [-0.05, 0) is 37.6 Å². The van der Waals surface area contributed by atoms with E-state index in [1.54, 1.807) is 0 Å². The molecule has 29 heavy (non-hydrogen) atoms. The Morgan fingerprint density at radius 1 is 1.31 bits per heavy atom. The van der Waals surface area contributed by atoms with Gasteiger partial charge in [-0.3, -0.25) is 14.6 Å². The number of amides is 2. The molecule has 0 aromatic carbocycles. The van der Waals surface area contributed by atoms with Gasteiger partial charge in [-0.2, -0.15) is 5.26 Å². The Morgan fingerprint density at radius 3 is 2.45 bits per heavy atom.